The van der Waals surface area contributed by atoms with Crippen LogP contribution in [0.1, 0.15) is 29.0 Å². The Hall–Kier alpha value is -2.08. The first-order chi connectivity index (χ1) is 9.79. The summed E-state index contributed by atoms with van der Waals surface area (Å²) in [4.78, 5) is 15.9. The first kappa shape index (κ1) is 12.9. The second-order valence-corrected chi connectivity index (χ2v) is 5.15. The van der Waals surface area contributed by atoms with Crippen molar-refractivity contribution in [3.63, 3.8) is 0 Å². The van der Waals surface area contributed by atoms with Crippen molar-refractivity contribution in [2.75, 3.05) is 18.5 Å². The molecule has 1 aromatic carbocycles. The van der Waals surface area contributed by atoms with E-state index < -0.39 is 5.97 Å². The number of hydrogen-bond donors (Lipinski definition) is 1. The number of para-hydroxylation sites is 1. The van der Waals surface area contributed by atoms with Gasteiger partial charge in [-0.2, -0.15) is 0 Å². The molecule has 1 aliphatic rings. The minimum Gasteiger partial charge on any atom is -0.491 e. The Kier molecular flexibility index (Phi) is 3.56. The second kappa shape index (κ2) is 5.50. The van der Waals surface area contributed by atoms with Crippen LogP contribution in [0.25, 0.3) is 0 Å². The van der Waals surface area contributed by atoms with Crippen LogP contribution in [0.15, 0.2) is 29.8 Å². The van der Waals surface area contributed by atoms with Gasteiger partial charge in [0.2, 0.25) is 0 Å². The molecule has 1 N–H and O–H groups in total. The van der Waals surface area contributed by atoms with Crippen LogP contribution in [0.3, 0.4) is 0 Å². The Labute approximate surface area is 120 Å². The molecule has 1 aliphatic heterocycles. The third kappa shape index (κ3) is 2.34. The minimum absolute atomic E-state index is 0.0276. The van der Waals surface area contributed by atoms with Gasteiger partial charge in [0.25, 0.3) is 0 Å². The molecule has 1 unspecified atom stereocenters. The maximum Gasteiger partial charge on any atom is 0.360 e. The molecule has 0 radical (unpaired) electrons. The topological polar surface area (TPSA) is 60.5 Å². The summed E-state index contributed by atoms with van der Waals surface area (Å²) < 4.78 is 10.6. The molecule has 0 aliphatic carbocycles. The summed E-state index contributed by atoms with van der Waals surface area (Å²) in [6, 6.07) is 7.90. The fourth-order valence-electron chi connectivity index (χ4n) is 2.13. The van der Waals surface area contributed by atoms with E-state index in [0.717, 1.165) is 11.3 Å². The zero-order valence-corrected chi connectivity index (χ0v) is 11.8. The Balaban J connectivity index is 1.80. The maximum absolute atomic E-state index is 11.8. The van der Waals surface area contributed by atoms with E-state index in [9.17, 15) is 4.79 Å². The van der Waals surface area contributed by atoms with Crippen LogP contribution < -0.4 is 10.1 Å². The monoisotopic (exact) mass is 290 g/mol. The second-order valence-electron chi connectivity index (χ2n) is 4.30. The van der Waals surface area contributed by atoms with Crippen molar-refractivity contribution in [3.05, 3.63) is 41.0 Å². The maximum atomic E-state index is 11.8. The summed E-state index contributed by atoms with van der Waals surface area (Å²) in [6.07, 6.45) is 0. The van der Waals surface area contributed by atoms with Gasteiger partial charge in [-0.3, -0.25) is 0 Å². The number of anilines is 1. The van der Waals surface area contributed by atoms with Crippen molar-refractivity contribution in [1.82, 2.24) is 4.98 Å². The van der Waals surface area contributed by atoms with Gasteiger partial charge in [-0.05, 0) is 13.0 Å². The van der Waals surface area contributed by atoms with Gasteiger partial charge < -0.3 is 14.8 Å². The molecule has 0 amide bonds. The molecule has 0 saturated heterocycles. The standard InChI is InChI=1S/C14H14N2O3S/c1-2-18-14(17)12-13(20-8-15-12)16-10-7-19-11-6-4-3-5-9(10)11/h3-6,8,10,16H,2,7H2,1H3. The molecule has 1 aromatic heterocycles. The highest BCUT2D eigenvalue weighted by atomic mass is 32.1. The Bertz CT molecular complexity index is 626. The van der Waals surface area contributed by atoms with Crippen LogP contribution >= 0.6 is 11.3 Å². The number of ether oxygens (including phenoxy) is 2. The van der Waals surface area contributed by atoms with E-state index in [0.29, 0.717) is 23.9 Å². The summed E-state index contributed by atoms with van der Waals surface area (Å²) >= 11 is 1.39. The number of thiazole rings is 1. The predicted molar refractivity (Wildman–Crippen MR) is 76.4 cm³/mol. The third-order valence-corrected chi connectivity index (χ3v) is 3.80. The van der Waals surface area contributed by atoms with Gasteiger partial charge in [-0.25, -0.2) is 9.78 Å². The molecule has 0 fully saturated rings. The molecule has 2 heterocycles. The highest BCUT2D eigenvalue weighted by Gasteiger charge is 2.26. The van der Waals surface area contributed by atoms with Gasteiger partial charge in [-0.1, -0.05) is 18.2 Å². The Morgan fingerprint density at radius 1 is 1.55 bits per heavy atom. The van der Waals surface area contributed by atoms with Crippen LogP contribution in [-0.2, 0) is 4.74 Å². The fourth-order valence-corrected chi connectivity index (χ4v) is 2.86. The van der Waals surface area contributed by atoms with Crippen molar-refractivity contribution >= 4 is 22.3 Å². The molecular formula is C14H14N2O3S. The number of nitrogens with zero attached hydrogens (tertiary/aromatic N) is 1. The largest absolute Gasteiger partial charge is 0.491 e. The van der Waals surface area contributed by atoms with Crippen molar-refractivity contribution < 1.29 is 14.3 Å². The van der Waals surface area contributed by atoms with Gasteiger partial charge >= 0.3 is 5.97 Å². The van der Waals surface area contributed by atoms with Crippen LogP contribution in [0.4, 0.5) is 5.00 Å². The van der Waals surface area contributed by atoms with Gasteiger partial charge in [0.15, 0.2) is 5.69 Å². The van der Waals surface area contributed by atoms with Crippen LogP contribution in [0.5, 0.6) is 5.75 Å². The highest BCUT2D eigenvalue weighted by molar-refractivity contribution is 7.14. The van der Waals surface area contributed by atoms with E-state index >= 15 is 0 Å². The van der Waals surface area contributed by atoms with Crippen LogP contribution in [-0.4, -0.2) is 24.2 Å². The van der Waals surface area contributed by atoms with Crippen molar-refractivity contribution in [2.24, 2.45) is 0 Å². The summed E-state index contributed by atoms with van der Waals surface area (Å²) in [6.45, 7) is 2.66. The van der Waals surface area contributed by atoms with Gasteiger partial charge in [-0.15, -0.1) is 11.3 Å². The number of carbonyl (C=O) groups excluding carboxylic acids is 1. The molecule has 0 spiro atoms. The van der Waals surface area contributed by atoms with E-state index in [1.54, 1.807) is 12.4 Å². The molecule has 20 heavy (non-hydrogen) atoms. The summed E-state index contributed by atoms with van der Waals surface area (Å²) in [7, 11) is 0. The number of fused-ring (bicyclic) bond motifs is 1. The number of nitrogens with one attached hydrogen (secondary N) is 1. The number of rotatable bonds is 4. The molecule has 2 aromatic rings. The zero-order valence-electron chi connectivity index (χ0n) is 11.0. The lowest BCUT2D eigenvalue weighted by Gasteiger charge is -2.12. The SMILES string of the molecule is CCOC(=O)c1ncsc1NC1COc2ccccc21. The molecule has 3 rings (SSSR count). The fraction of sp³-hybridized carbons (Fsp3) is 0.286. The number of aromatic nitrogens is 1. The third-order valence-electron chi connectivity index (χ3n) is 3.04. The van der Waals surface area contributed by atoms with Crippen molar-refractivity contribution in [1.29, 1.82) is 0 Å². The van der Waals surface area contributed by atoms with Crippen LogP contribution in [0.2, 0.25) is 0 Å². The Morgan fingerprint density at radius 3 is 3.25 bits per heavy atom. The van der Waals surface area contributed by atoms with E-state index in [1.807, 2.05) is 24.3 Å². The van der Waals surface area contributed by atoms with Gasteiger partial charge in [0.1, 0.15) is 17.4 Å². The highest BCUT2D eigenvalue weighted by Crippen LogP contribution is 2.35. The lowest BCUT2D eigenvalue weighted by atomic mass is 10.1. The first-order valence-corrected chi connectivity index (χ1v) is 7.26. The number of hydrogen-bond acceptors (Lipinski definition) is 6. The van der Waals surface area contributed by atoms with Crippen molar-refractivity contribution in [2.45, 2.75) is 13.0 Å². The molecule has 1 atom stereocenters. The summed E-state index contributed by atoms with van der Waals surface area (Å²) in [5, 5.41) is 4.03. The molecule has 5 nitrogen and oxygen atoms in total. The minimum atomic E-state index is -0.400. The van der Waals surface area contributed by atoms with Crippen molar-refractivity contribution in [3.8, 4) is 5.75 Å². The van der Waals surface area contributed by atoms with E-state index in [2.05, 4.69) is 10.3 Å². The smallest absolute Gasteiger partial charge is 0.360 e. The first-order valence-electron chi connectivity index (χ1n) is 6.38. The van der Waals surface area contributed by atoms with Gasteiger partial charge in [0, 0.05) is 5.56 Å². The van der Waals surface area contributed by atoms with Crippen LogP contribution in [0, 0.1) is 0 Å². The molecule has 6 heteroatoms. The summed E-state index contributed by atoms with van der Waals surface area (Å²) in [5.41, 5.74) is 3.06. The van der Waals surface area contributed by atoms with E-state index in [1.165, 1.54) is 11.3 Å². The van der Waals surface area contributed by atoms with E-state index in [-0.39, 0.29) is 6.04 Å². The molecular weight excluding hydrogens is 276 g/mol. The lowest BCUT2D eigenvalue weighted by Crippen LogP contribution is -2.14. The molecule has 0 saturated carbocycles. The average molecular weight is 290 g/mol. The lowest BCUT2D eigenvalue weighted by molar-refractivity contribution is 0.0521. The summed E-state index contributed by atoms with van der Waals surface area (Å²) in [5.74, 6) is 0.482. The normalized spacial score (nSPS) is 16.4. The molecule has 0 bridgehead atoms. The number of esters is 1. The quantitative estimate of drug-likeness (QED) is 0.877. The molecule has 104 valence electrons. The number of carbonyl (C=O) groups is 1. The number of benzene rings is 1. The van der Waals surface area contributed by atoms with E-state index in [4.69, 9.17) is 9.47 Å². The zero-order chi connectivity index (χ0) is 13.9. The van der Waals surface area contributed by atoms with Gasteiger partial charge in [0.05, 0.1) is 18.2 Å². The average Bonchev–Trinajstić information content (AvgIpc) is 3.07. The predicted octanol–water partition coefficient (Wildman–Crippen LogP) is 2.87. The Morgan fingerprint density at radius 2 is 2.40 bits per heavy atom.